The molecule has 2 aliphatic heterocycles. The molecule has 0 saturated carbocycles. The number of nitrogens with zero attached hydrogens (tertiary/aromatic N) is 2. The number of hydrogen-bond acceptors (Lipinski definition) is 5. The van der Waals surface area contributed by atoms with Gasteiger partial charge in [0.1, 0.15) is 5.75 Å². The molecule has 30 heavy (non-hydrogen) atoms. The number of benzene rings is 1. The lowest BCUT2D eigenvalue weighted by Crippen LogP contribution is -2.51. The summed E-state index contributed by atoms with van der Waals surface area (Å²) in [5.74, 6) is 0.922. The van der Waals surface area contributed by atoms with Crippen molar-refractivity contribution >= 4 is 23.4 Å². The fraction of sp³-hybridized carbons (Fsp3) is 0.500. The van der Waals surface area contributed by atoms with Gasteiger partial charge in [-0.15, -0.1) is 6.58 Å². The molecule has 8 heteroatoms. The summed E-state index contributed by atoms with van der Waals surface area (Å²) in [6, 6.07) is 5.67. The van der Waals surface area contributed by atoms with Crippen LogP contribution in [0.5, 0.6) is 5.75 Å². The predicted molar refractivity (Wildman–Crippen MR) is 114 cm³/mol. The smallest absolute Gasteiger partial charge is 0.234 e. The Morgan fingerprint density at radius 1 is 1.20 bits per heavy atom. The highest BCUT2D eigenvalue weighted by molar-refractivity contribution is 5.94. The first kappa shape index (κ1) is 21.8. The Morgan fingerprint density at radius 3 is 2.77 bits per heavy atom. The van der Waals surface area contributed by atoms with Crippen molar-refractivity contribution in [1.82, 2.24) is 15.1 Å². The maximum Gasteiger partial charge on any atom is 0.234 e. The minimum absolute atomic E-state index is 0.0172. The lowest BCUT2D eigenvalue weighted by Gasteiger charge is -2.34. The van der Waals surface area contributed by atoms with E-state index in [4.69, 9.17) is 4.74 Å². The number of amides is 3. The van der Waals surface area contributed by atoms with E-state index in [1.165, 1.54) is 0 Å². The normalized spacial score (nSPS) is 16.4. The first-order valence-electron chi connectivity index (χ1n) is 10.5. The molecular formula is C22H30N4O4. The van der Waals surface area contributed by atoms with Gasteiger partial charge in [-0.1, -0.05) is 6.08 Å². The molecule has 2 aliphatic rings. The number of piperazine rings is 1. The van der Waals surface area contributed by atoms with Crippen LogP contribution in [0.25, 0.3) is 0 Å². The molecule has 3 amide bonds. The summed E-state index contributed by atoms with van der Waals surface area (Å²) >= 11 is 0. The summed E-state index contributed by atoms with van der Waals surface area (Å²) in [6.07, 6.45) is 3.97. The molecular weight excluding hydrogens is 384 g/mol. The minimum Gasteiger partial charge on any atom is -0.494 e. The number of fused-ring (bicyclic) bond motifs is 1. The van der Waals surface area contributed by atoms with Gasteiger partial charge < -0.3 is 20.3 Å². The van der Waals surface area contributed by atoms with Crippen LogP contribution in [0.2, 0.25) is 0 Å². The van der Waals surface area contributed by atoms with Gasteiger partial charge in [-0.05, 0) is 36.6 Å². The molecule has 0 atom stereocenters. The topological polar surface area (TPSA) is 91.0 Å². The first-order chi connectivity index (χ1) is 14.5. The average Bonchev–Trinajstić information content (AvgIpc) is 2.75. The number of carbonyl (C=O) groups excluding carboxylic acids is 3. The molecule has 1 aromatic rings. The van der Waals surface area contributed by atoms with Gasteiger partial charge in [-0.3, -0.25) is 19.3 Å². The van der Waals surface area contributed by atoms with Crippen LogP contribution in [0.15, 0.2) is 30.9 Å². The summed E-state index contributed by atoms with van der Waals surface area (Å²) in [7, 11) is 0. The van der Waals surface area contributed by atoms with Crippen molar-refractivity contribution in [3.8, 4) is 5.75 Å². The highest BCUT2D eigenvalue weighted by atomic mass is 16.5. The van der Waals surface area contributed by atoms with Crippen molar-refractivity contribution in [1.29, 1.82) is 0 Å². The van der Waals surface area contributed by atoms with Gasteiger partial charge >= 0.3 is 0 Å². The van der Waals surface area contributed by atoms with E-state index in [1.54, 1.807) is 6.08 Å². The SMILES string of the molecule is C=CCNC(=O)CN1CCN(C(=O)CCCOc2ccc3c(c2)CCC(=O)N3)CC1. The van der Waals surface area contributed by atoms with Crippen molar-refractivity contribution in [3.63, 3.8) is 0 Å². The summed E-state index contributed by atoms with van der Waals surface area (Å²) in [6.45, 7) is 7.58. The standard InChI is InChI=1S/C22H30N4O4/c1-2-9-23-21(28)16-25-10-12-26(13-11-25)22(29)4-3-14-30-18-6-7-19-17(15-18)5-8-20(27)24-19/h2,6-7,15H,1,3-5,8-14,16H2,(H,23,28)(H,24,27). The molecule has 1 saturated heterocycles. The highest BCUT2D eigenvalue weighted by Crippen LogP contribution is 2.26. The Kier molecular flexibility index (Phi) is 7.84. The highest BCUT2D eigenvalue weighted by Gasteiger charge is 2.22. The van der Waals surface area contributed by atoms with Gasteiger partial charge in [-0.2, -0.15) is 0 Å². The number of hydrogen-bond donors (Lipinski definition) is 2. The van der Waals surface area contributed by atoms with Crippen LogP contribution >= 0.6 is 0 Å². The zero-order chi connectivity index (χ0) is 21.3. The summed E-state index contributed by atoms with van der Waals surface area (Å²) in [4.78, 5) is 39.5. The number of aryl methyl sites for hydroxylation is 1. The van der Waals surface area contributed by atoms with Crippen molar-refractivity contribution in [2.24, 2.45) is 0 Å². The summed E-state index contributed by atoms with van der Waals surface area (Å²) < 4.78 is 5.79. The van der Waals surface area contributed by atoms with E-state index < -0.39 is 0 Å². The minimum atomic E-state index is -0.0172. The number of nitrogens with one attached hydrogen (secondary N) is 2. The van der Waals surface area contributed by atoms with E-state index in [9.17, 15) is 14.4 Å². The molecule has 0 unspecified atom stereocenters. The number of carbonyl (C=O) groups is 3. The number of anilines is 1. The molecule has 2 N–H and O–H groups in total. The zero-order valence-corrected chi connectivity index (χ0v) is 17.3. The first-order valence-corrected chi connectivity index (χ1v) is 10.5. The van der Waals surface area contributed by atoms with Crippen molar-refractivity contribution in [2.75, 3.05) is 51.2 Å². The second kappa shape index (κ2) is 10.8. The van der Waals surface area contributed by atoms with Crippen LogP contribution in [0.3, 0.4) is 0 Å². The van der Waals surface area contributed by atoms with Gasteiger partial charge in [0.05, 0.1) is 13.2 Å². The Labute approximate surface area is 177 Å². The molecule has 0 radical (unpaired) electrons. The van der Waals surface area contributed by atoms with Crippen LogP contribution < -0.4 is 15.4 Å². The summed E-state index contributed by atoms with van der Waals surface area (Å²) in [5.41, 5.74) is 1.94. The zero-order valence-electron chi connectivity index (χ0n) is 17.3. The van der Waals surface area contributed by atoms with Gasteiger partial charge in [0.25, 0.3) is 0 Å². The largest absolute Gasteiger partial charge is 0.494 e. The van der Waals surface area contributed by atoms with Crippen LogP contribution in [-0.4, -0.2) is 73.4 Å². The van der Waals surface area contributed by atoms with Gasteiger partial charge in [0, 0.05) is 51.3 Å². The van der Waals surface area contributed by atoms with E-state index in [0.29, 0.717) is 65.1 Å². The fourth-order valence-electron chi connectivity index (χ4n) is 3.62. The monoisotopic (exact) mass is 414 g/mol. The van der Waals surface area contributed by atoms with E-state index >= 15 is 0 Å². The lowest BCUT2D eigenvalue weighted by molar-refractivity contribution is -0.133. The van der Waals surface area contributed by atoms with Gasteiger partial charge in [0.2, 0.25) is 17.7 Å². The van der Waals surface area contributed by atoms with E-state index in [1.807, 2.05) is 23.1 Å². The summed E-state index contributed by atoms with van der Waals surface area (Å²) in [5, 5.41) is 5.62. The Balaban J connectivity index is 1.32. The number of ether oxygens (including phenoxy) is 1. The molecule has 8 nitrogen and oxygen atoms in total. The maximum absolute atomic E-state index is 12.4. The molecule has 0 spiro atoms. The third-order valence-electron chi connectivity index (χ3n) is 5.31. The molecule has 1 fully saturated rings. The van der Waals surface area contributed by atoms with E-state index in [2.05, 4.69) is 22.1 Å². The van der Waals surface area contributed by atoms with Crippen LogP contribution in [0.4, 0.5) is 5.69 Å². The van der Waals surface area contributed by atoms with E-state index in [0.717, 1.165) is 23.4 Å². The molecule has 162 valence electrons. The molecule has 0 aromatic heterocycles. The third-order valence-corrected chi connectivity index (χ3v) is 5.31. The Morgan fingerprint density at radius 2 is 2.00 bits per heavy atom. The molecule has 3 rings (SSSR count). The Hall–Kier alpha value is -2.87. The van der Waals surface area contributed by atoms with Crippen LogP contribution in [0, 0.1) is 0 Å². The molecule has 0 bridgehead atoms. The number of rotatable bonds is 9. The van der Waals surface area contributed by atoms with Gasteiger partial charge in [-0.25, -0.2) is 0 Å². The van der Waals surface area contributed by atoms with E-state index in [-0.39, 0.29) is 17.7 Å². The fourth-order valence-corrected chi connectivity index (χ4v) is 3.62. The predicted octanol–water partition coefficient (Wildman–Crippen LogP) is 1.18. The van der Waals surface area contributed by atoms with Crippen molar-refractivity contribution in [2.45, 2.75) is 25.7 Å². The van der Waals surface area contributed by atoms with Crippen LogP contribution in [-0.2, 0) is 20.8 Å². The Bertz CT molecular complexity index is 787. The molecule has 1 aromatic carbocycles. The average molecular weight is 415 g/mol. The molecule has 0 aliphatic carbocycles. The van der Waals surface area contributed by atoms with Crippen molar-refractivity contribution in [3.05, 3.63) is 36.4 Å². The maximum atomic E-state index is 12.4. The quantitative estimate of drug-likeness (QED) is 0.468. The second-order valence-electron chi connectivity index (χ2n) is 7.57. The third kappa shape index (κ3) is 6.32. The lowest BCUT2D eigenvalue weighted by atomic mass is 10.0. The van der Waals surface area contributed by atoms with Crippen molar-refractivity contribution < 1.29 is 19.1 Å². The second-order valence-corrected chi connectivity index (χ2v) is 7.57. The van der Waals surface area contributed by atoms with Crippen LogP contribution in [0.1, 0.15) is 24.8 Å². The molecule has 2 heterocycles. The van der Waals surface area contributed by atoms with Gasteiger partial charge in [0.15, 0.2) is 0 Å².